The molecule has 0 N–H and O–H groups in total. The van der Waals surface area contributed by atoms with Gasteiger partial charge in [-0.3, -0.25) is 10.1 Å². The van der Waals surface area contributed by atoms with Crippen LogP contribution in [0, 0.1) is 22.9 Å². The van der Waals surface area contributed by atoms with E-state index in [1.165, 1.54) is 22.9 Å². The molecule has 0 aliphatic carbocycles. The standard InChI is InChI=1S/C19H18FN3O5/c1-11-10-22(18(24)28-19(2,3)4)17-16(11)15(7-8-21-17)27-14-6-5-12(23(25)26)9-13(14)20/h5-10H,1-4H3. The van der Waals surface area contributed by atoms with Crippen molar-refractivity contribution in [3.8, 4) is 11.5 Å². The molecule has 2 heterocycles. The number of nitro groups is 1. The minimum atomic E-state index is -0.872. The Morgan fingerprint density at radius 3 is 2.57 bits per heavy atom. The molecule has 0 atom stereocenters. The van der Waals surface area contributed by atoms with E-state index in [2.05, 4.69) is 4.98 Å². The van der Waals surface area contributed by atoms with E-state index in [-0.39, 0.29) is 17.2 Å². The van der Waals surface area contributed by atoms with Crippen molar-refractivity contribution >= 4 is 22.8 Å². The number of nitro benzene ring substituents is 1. The van der Waals surface area contributed by atoms with Crippen LogP contribution in [0.25, 0.3) is 11.0 Å². The summed E-state index contributed by atoms with van der Waals surface area (Å²) < 4.78 is 26.5. The number of benzene rings is 1. The molecule has 9 heteroatoms. The highest BCUT2D eigenvalue weighted by molar-refractivity contribution is 5.93. The van der Waals surface area contributed by atoms with Gasteiger partial charge in [0.15, 0.2) is 17.2 Å². The Balaban J connectivity index is 2.02. The molecule has 1 aromatic carbocycles. The van der Waals surface area contributed by atoms with E-state index in [0.717, 1.165) is 12.1 Å². The van der Waals surface area contributed by atoms with Crippen LogP contribution in [-0.4, -0.2) is 26.2 Å². The molecule has 0 spiro atoms. The van der Waals surface area contributed by atoms with Crippen molar-refractivity contribution in [1.29, 1.82) is 0 Å². The molecular formula is C19H18FN3O5. The van der Waals surface area contributed by atoms with Gasteiger partial charge in [0.25, 0.3) is 5.69 Å². The van der Waals surface area contributed by atoms with E-state index in [1.807, 2.05) is 0 Å². The van der Waals surface area contributed by atoms with E-state index < -0.39 is 22.4 Å². The number of rotatable bonds is 3. The molecule has 0 radical (unpaired) electrons. The van der Waals surface area contributed by atoms with Crippen molar-refractivity contribution < 1.29 is 23.6 Å². The first-order valence-corrected chi connectivity index (χ1v) is 8.38. The van der Waals surface area contributed by atoms with Crippen LogP contribution >= 0.6 is 0 Å². The molecule has 0 unspecified atom stereocenters. The summed E-state index contributed by atoms with van der Waals surface area (Å²) in [5.41, 5.74) is -0.0905. The monoisotopic (exact) mass is 387 g/mol. The average Bonchev–Trinajstić information content (AvgIpc) is 2.93. The second-order valence-electron chi connectivity index (χ2n) is 7.14. The third kappa shape index (κ3) is 3.78. The van der Waals surface area contributed by atoms with Gasteiger partial charge >= 0.3 is 6.09 Å². The molecule has 3 rings (SSSR count). The number of carbonyl (C=O) groups is 1. The van der Waals surface area contributed by atoms with Crippen LogP contribution in [0.1, 0.15) is 26.3 Å². The largest absolute Gasteiger partial charge is 0.453 e. The number of aryl methyl sites for hydroxylation is 1. The van der Waals surface area contributed by atoms with E-state index in [9.17, 15) is 19.3 Å². The number of hydrogen-bond donors (Lipinski definition) is 0. The van der Waals surface area contributed by atoms with Crippen LogP contribution in [-0.2, 0) is 4.74 Å². The summed E-state index contributed by atoms with van der Waals surface area (Å²) in [5, 5.41) is 11.3. The minimum Gasteiger partial charge on any atom is -0.453 e. The van der Waals surface area contributed by atoms with Gasteiger partial charge in [-0.25, -0.2) is 18.7 Å². The summed E-state index contributed by atoms with van der Waals surface area (Å²) in [6, 6.07) is 4.64. The van der Waals surface area contributed by atoms with Gasteiger partial charge in [-0.15, -0.1) is 0 Å². The molecular weight excluding hydrogens is 369 g/mol. The van der Waals surface area contributed by atoms with E-state index in [0.29, 0.717) is 16.6 Å². The zero-order chi connectivity index (χ0) is 20.6. The Bertz CT molecular complexity index is 1090. The number of non-ortho nitro benzene ring substituents is 1. The highest BCUT2D eigenvalue weighted by Crippen LogP contribution is 2.34. The zero-order valence-electron chi connectivity index (χ0n) is 15.7. The maximum absolute atomic E-state index is 14.2. The number of carbonyl (C=O) groups excluding carboxylic acids is 1. The first-order chi connectivity index (χ1) is 13.1. The smallest absolute Gasteiger partial charge is 0.420 e. The van der Waals surface area contributed by atoms with Gasteiger partial charge in [0.05, 0.1) is 16.4 Å². The lowest BCUT2D eigenvalue weighted by Gasteiger charge is -2.19. The van der Waals surface area contributed by atoms with Crippen molar-refractivity contribution in [1.82, 2.24) is 9.55 Å². The third-order valence-corrected chi connectivity index (χ3v) is 3.77. The Hall–Kier alpha value is -3.49. The molecule has 0 aliphatic heterocycles. The number of fused-ring (bicyclic) bond motifs is 1. The number of halogens is 1. The quantitative estimate of drug-likeness (QED) is 0.465. The van der Waals surface area contributed by atoms with Crippen LogP contribution in [0.3, 0.4) is 0 Å². The first kappa shape index (κ1) is 19.3. The normalized spacial score (nSPS) is 11.5. The predicted octanol–water partition coefficient (Wildman–Crippen LogP) is 4.97. The highest BCUT2D eigenvalue weighted by Gasteiger charge is 2.22. The van der Waals surface area contributed by atoms with Gasteiger partial charge in [-0.05, 0) is 45.4 Å². The SMILES string of the molecule is Cc1cn(C(=O)OC(C)(C)C)c2nccc(Oc3ccc([N+](=O)[O-])cc3F)c12. The molecule has 2 aromatic heterocycles. The Labute approximate surface area is 159 Å². The Morgan fingerprint density at radius 2 is 1.96 bits per heavy atom. The number of pyridine rings is 1. The molecule has 0 amide bonds. The number of aromatic nitrogens is 2. The molecule has 0 aliphatic rings. The van der Waals surface area contributed by atoms with Crippen LogP contribution < -0.4 is 4.74 Å². The minimum absolute atomic E-state index is 0.178. The van der Waals surface area contributed by atoms with Gasteiger partial charge in [0, 0.05) is 18.5 Å². The first-order valence-electron chi connectivity index (χ1n) is 8.38. The van der Waals surface area contributed by atoms with Gasteiger partial charge in [-0.2, -0.15) is 0 Å². The van der Waals surface area contributed by atoms with Crippen molar-refractivity contribution in [2.75, 3.05) is 0 Å². The number of hydrogen-bond acceptors (Lipinski definition) is 6. The summed E-state index contributed by atoms with van der Waals surface area (Å²) in [6.07, 6.45) is 2.38. The summed E-state index contributed by atoms with van der Waals surface area (Å²) in [5.74, 6) is -0.788. The van der Waals surface area contributed by atoms with Gasteiger partial charge in [-0.1, -0.05) is 0 Å². The van der Waals surface area contributed by atoms with Crippen LogP contribution in [0.2, 0.25) is 0 Å². The second kappa shape index (κ2) is 6.91. The lowest BCUT2D eigenvalue weighted by atomic mass is 10.2. The summed E-state index contributed by atoms with van der Waals surface area (Å²) >= 11 is 0. The molecule has 3 aromatic rings. The van der Waals surface area contributed by atoms with Crippen molar-refractivity contribution in [2.45, 2.75) is 33.3 Å². The topological polar surface area (TPSA) is 96.5 Å². The molecule has 146 valence electrons. The molecule has 0 bridgehead atoms. The molecule has 8 nitrogen and oxygen atoms in total. The summed E-state index contributed by atoms with van der Waals surface area (Å²) in [7, 11) is 0. The van der Waals surface area contributed by atoms with Crippen LogP contribution in [0.5, 0.6) is 11.5 Å². The molecule has 0 fully saturated rings. The number of nitrogens with zero attached hydrogens (tertiary/aromatic N) is 3. The van der Waals surface area contributed by atoms with Crippen molar-refractivity contribution in [3.63, 3.8) is 0 Å². The van der Waals surface area contributed by atoms with Gasteiger partial charge in [0.1, 0.15) is 11.4 Å². The summed E-state index contributed by atoms with van der Waals surface area (Å²) in [4.78, 5) is 26.7. The van der Waals surface area contributed by atoms with Crippen LogP contribution in [0.15, 0.2) is 36.7 Å². The number of ether oxygens (including phenoxy) is 2. The maximum atomic E-state index is 14.2. The van der Waals surface area contributed by atoms with E-state index in [1.54, 1.807) is 33.9 Å². The van der Waals surface area contributed by atoms with Crippen molar-refractivity contribution in [2.24, 2.45) is 0 Å². The fraction of sp³-hybridized carbons (Fsp3) is 0.263. The Morgan fingerprint density at radius 1 is 1.25 bits per heavy atom. The summed E-state index contributed by atoms with van der Waals surface area (Å²) in [6.45, 7) is 7.01. The predicted molar refractivity (Wildman–Crippen MR) is 99.2 cm³/mol. The lowest BCUT2D eigenvalue weighted by molar-refractivity contribution is -0.385. The fourth-order valence-corrected chi connectivity index (χ4v) is 2.65. The highest BCUT2D eigenvalue weighted by atomic mass is 19.1. The average molecular weight is 387 g/mol. The Kier molecular flexibility index (Phi) is 4.76. The maximum Gasteiger partial charge on any atom is 0.420 e. The van der Waals surface area contributed by atoms with E-state index >= 15 is 0 Å². The second-order valence-corrected chi connectivity index (χ2v) is 7.14. The van der Waals surface area contributed by atoms with Crippen molar-refractivity contribution in [3.05, 3.63) is 58.2 Å². The fourth-order valence-electron chi connectivity index (χ4n) is 2.65. The lowest BCUT2D eigenvalue weighted by Crippen LogP contribution is -2.26. The molecule has 0 saturated carbocycles. The zero-order valence-corrected chi connectivity index (χ0v) is 15.7. The van der Waals surface area contributed by atoms with Gasteiger partial charge < -0.3 is 9.47 Å². The van der Waals surface area contributed by atoms with Crippen LogP contribution in [0.4, 0.5) is 14.9 Å². The molecule has 28 heavy (non-hydrogen) atoms. The van der Waals surface area contributed by atoms with E-state index in [4.69, 9.17) is 9.47 Å². The third-order valence-electron chi connectivity index (χ3n) is 3.77. The molecule has 0 saturated heterocycles. The van der Waals surface area contributed by atoms with Gasteiger partial charge in [0.2, 0.25) is 0 Å².